The molecule has 0 radical (unpaired) electrons. The Morgan fingerprint density at radius 2 is 1.91 bits per heavy atom. The lowest BCUT2D eigenvalue weighted by atomic mass is 9.86. The second-order valence-corrected chi connectivity index (χ2v) is 6.50. The highest BCUT2D eigenvalue weighted by atomic mass is 16.1. The maximum absolute atomic E-state index is 12.4. The molecule has 1 saturated carbocycles. The van der Waals surface area contributed by atoms with Crippen molar-refractivity contribution < 1.29 is 4.79 Å². The molecule has 23 heavy (non-hydrogen) atoms. The van der Waals surface area contributed by atoms with Crippen molar-refractivity contribution in [2.45, 2.75) is 38.6 Å². The standard InChI is InChI=1S/C19H25N3O/c1-14-6-4-5-7-18(14)21-19(23)16(13-20)12-15-8-10-17(11-9-15)22(2)3/h8-12,14,18H,4-7H2,1-3H3,(H,21,23)/b16-12-/t14-,18-/m1/s1. The molecule has 1 N–H and O–H groups in total. The summed E-state index contributed by atoms with van der Waals surface area (Å²) in [5.41, 5.74) is 2.11. The number of nitriles is 1. The lowest BCUT2D eigenvalue weighted by Crippen LogP contribution is -2.41. The van der Waals surface area contributed by atoms with Crippen LogP contribution < -0.4 is 10.2 Å². The fourth-order valence-electron chi connectivity index (χ4n) is 2.96. The molecule has 0 spiro atoms. The van der Waals surface area contributed by atoms with Crippen LogP contribution in [0.15, 0.2) is 29.8 Å². The molecule has 1 aliphatic rings. The van der Waals surface area contributed by atoms with Gasteiger partial charge < -0.3 is 10.2 Å². The van der Waals surface area contributed by atoms with Gasteiger partial charge in [0.1, 0.15) is 11.6 Å². The molecule has 1 amide bonds. The third-order valence-corrected chi connectivity index (χ3v) is 4.51. The van der Waals surface area contributed by atoms with Gasteiger partial charge in [-0.15, -0.1) is 0 Å². The van der Waals surface area contributed by atoms with E-state index in [2.05, 4.69) is 12.2 Å². The Labute approximate surface area is 138 Å². The van der Waals surface area contributed by atoms with E-state index in [0.717, 1.165) is 30.5 Å². The van der Waals surface area contributed by atoms with E-state index in [1.807, 2.05) is 49.3 Å². The Bertz CT molecular complexity index is 610. The number of anilines is 1. The van der Waals surface area contributed by atoms with Crippen LogP contribution in [0.3, 0.4) is 0 Å². The van der Waals surface area contributed by atoms with Crippen LogP contribution >= 0.6 is 0 Å². The molecule has 0 bridgehead atoms. The van der Waals surface area contributed by atoms with Crippen LogP contribution in [0.1, 0.15) is 38.2 Å². The topological polar surface area (TPSA) is 56.1 Å². The minimum atomic E-state index is -0.261. The van der Waals surface area contributed by atoms with Crippen LogP contribution in [-0.2, 0) is 4.79 Å². The summed E-state index contributed by atoms with van der Waals surface area (Å²) in [5.74, 6) is 0.218. The molecule has 0 aliphatic heterocycles. The summed E-state index contributed by atoms with van der Waals surface area (Å²) in [4.78, 5) is 14.4. The highest BCUT2D eigenvalue weighted by Crippen LogP contribution is 2.24. The first-order chi connectivity index (χ1) is 11.0. The van der Waals surface area contributed by atoms with Gasteiger partial charge in [-0.05, 0) is 42.5 Å². The third-order valence-electron chi connectivity index (χ3n) is 4.51. The summed E-state index contributed by atoms with van der Waals surface area (Å²) in [6, 6.07) is 10.0. The number of amides is 1. The van der Waals surface area contributed by atoms with Gasteiger partial charge in [-0.2, -0.15) is 5.26 Å². The van der Waals surface area contributed by atoms with Crippen LogP contribution in [0.25, 0.3) is 6.08 Å². The fraction of sp³-hybridized carbons (Fsp3) is 0.474. The number of nitrogens with zero attached hydrogens (tertiary/aromatic N) is 2. The summed E-state index contributed by atoms with van der Waals surface area (Å²) < 4.78 is 0. The minimum absolute atomic E-state index is 0.167. The van der Waals surface area contributed by atoms with Crippen LogP contribution in [0.5, 0.6) is 0 Å². The second kappa shape index (κ2) is 7.82. The van der Waals surface area contributed by atoms with Crippen molar-refractivity contribution in [1.82, 2.24) is 5.32 Å². The van der Waals surface area contributed by atoms with Crippen molar-refractivity contribution in [3.63, 3.8) is 0 Å². The van der Waals surface area contributed by atoms with Crippen molar-refractivity contribution in [3.05, 3.63) is 35.4 Å². The van der Waals surface area contributed by atoms with Gasteiger partial charge in [0.2, 0.25) is 0 Å². The van der Waals surface area contributed by atoms with Crippen LogP contribution in [-0.4, -0.2) is 26.0 Å². The molecular weight excluding hydrogens is 286 g/mol. The van der Waals surface area contributed by atoms with E-state index < -0.39 is 0 Å². The molecule has 122 valence electrons. The Morgan fingerprint density at radius 3 is 2.48 bits per heavy atom. The predicted octanol–water partition coefficient (Wildman–Crippen LogP) is 3.35. The highest BCUT2D eigenvalue weighted by Gasteiger charge is 2.23. The van der Waals surface area contributed by atoms with Crippen molar-refractivity contribution in [1.29, 1.82) is 5.26 Å². The largest absolute Gasteiger partial charge is 0.378 e. The van der Waals surface area contributed by atoms with Crippen molar-refractivity contribution in [2.24, 2.45) is 5.92 Å². The zero-order valence-electron chi connectivity index (χ0n) is 14.2. The van der Waals surface area contributed by atoms with Gasteiger partial charge >= 0.3 is 0 Å². The van der Waals surface area contributed by atoms with Crippen molar-refractivity contribution in [2.75, 3.05) is 19.0 Å². The van der Waals surface area contributed by atoms with Gasteiger partial charge in [0.05, 0.1) is 0 Å². The lowest BCUT2D eigenvalue weighted by Gasteiger charge is -2.29. The van der Waals surface area contributed by atoms with Gasteiger partial charge in [0.25, 0.3) is 5.91 Å². The second-order valence-electron chi connectivity index (χ2n) is 6.50. The summed E-state index contributed by atoms with van der Waals surface area (Å²) in [6.45, 7) is 2.17. The third kappa shape index (κ3) is 4.59. The number of hydrogen-bond donors (Lipinski definition) is 1. The normalized spacial score (nSPS) is 21.4. The molecule has 1 aliphatic carbocycles. The molecule has 0 saturated heterocycles. The van der Waals surface area contributed by atoms with E-state index in [0.29, 0.717) is 5.92 Å². The van der Waals surface area contributed by atoms with E-state index in [9.17, 15) is 10.1 Å². The van der Waals surface area contributed by atoms with Crippen LogP contribution in [0, 0.1) is 17.2 Å². The van der Waals surface area contributed by atoms with E-state index in [4.69, 9.17) is 0 Å². The van der Waals surface area contributed by atoms with Gasteiger partial charge in [-0.25, -0.2) is 0 Å². The first-order valence-corrected chi connectivity index (χ1v) is 8.21. The number of benzene rings is 1. The highest BCUT2D eigenvalue weighted by molar-refractivity contribution is 6.01. The molecular formula is C19H25N3O. The van der Waals surface area contributed by atoms with Crippen molar-refractivity contribution in [3.8, 4) is 6.07 Å². The molecule has 2 atom stereocenters. The zero-order chi connectivity index (χ0) is 16.8. The first kappa shape index (κ1) is 17.1. The van der Waals surface area contributed by atoms with Crippen molar-refractivity contribution >= 4 is 17.7 Å². The monoisotopic (exact) mass is 311 g/mol. The lowest BCUT2D eigenvalue weighted by molar-refractivity contribution is -0.118. The van der Waals surface area contributed by atoms with E-state index in [-0.39, 0.29) is 17.5 Å². The van der Waals surface area contributed by atoms with E-state index in [1.54, 1.807) is 6.08 Å². The molecule has 0 aromatic heterocycles. The zero-order valence-corrected chi connectivity index (χ0v) is 14.2. The number of hydrogen-bond acceptors (Lipinski definition) is 3. The predicted molar refractivity (Wildman–Crippen MR) is 93.9 cm³/mol. The van der Waals surface area contributed by atoms with Gasteiger partial charge in [-0.1, -0.05) is 31.9 Å². The summed E-state index contributed by atoms with van der Waals surface area (Å²) in [5, 5.41) is 12.3. The van der Waals surface area contributed by atoms with Gasteiger partial charge in [-0.3, -0.25) is 4.79 Å². The van der Waals surface area contributed by atoms with Crippen LogP contribution in [0.2, 0.25) is 0 Å². The molecule has 1 aromatic carbocycles. The summed E-state index contributed by atoms with van der Waals surface area (Å²) in [6.07, 6.45) is 6.17. The average molecular weight is 311 g/mol. The number of rotatable bonds is 4. The summed E-state index contributed by atoms with van der Waals surface area (Å²) in [7, 11) is 3.95. The number of carbonyl (C=O) groups excluding carboxylic acids is 1. The number of carbonyl (C=O) groups is 1. The Morgan fingerprint density at radius 1 is 1.26 bits per heavy atom. The molecule has 0 heterocycles. The average Bonchev–Trinajstić information content (AvgIpc) is 2.55. The molecule has 0 unspecified atom stereocenters. The maximum atomic E-state index is 12.4. The SMILES string of the molecule is C[C@@H]1CCCC[C@H]1NC(=O)/C(C#N)=C\c1ccc(N(C)C)cc1. The fourth-order valence-corrected chi connectivity index (χ4v) is 2.96. The molecule has 4 heteroatoms. The Hall–Kier alpha value is -2.28. The molecule has 2 rings (SSSR count). The molecule has 1 fully saturated rings. The quantitative estimate of drug-likeness (QED) is 0.685. The van der Waals surface area contributed by atoms with E-state index >= 15 is 0 Å². The maximum Gasteiger partial charge on any atom is 0.262 e. The van der Waals surface area contributed by atoms with E-state index in [1.165, 1.54) is 6.42 Å². The Kier molecular flexibility index (Phi) is 5.81. The van der Waals surface area contributed by atoms with Gasteiger partial charge in [0.15, 0.2) is 0 Å². The Balaban J connectivity index is 2.08. The van der Waals surface area contributed by atoms with Gasteiger partial charge in [0, 0.05) is 25.8 Å². The minimum Gasteiger partial charge on any atom is -0.378 e. The number of nitrogens with one attached hydrogen (secondary N) is 1. The smallest absolute Gasteiger partial charge is 0.262 e. The summed E-state index contributed by atoms with van der Waals surface area (Å²) >= 11 is 0. The first-order valence-electron chi connectivity index (χ1n) is 8.21. The van der Waals surface area contributed by atoms with Crippen LogP contribution in [0.4, 0.5) is 5.69 Å². The molecule has 4 nitrogen and oxygen atoms in total. The molecule has 1 aromatic rings.